The summed E-state index contributed by atoms with van der Waals surface area (Å²) >= 11 is 3.24. The van der Waals surface area contributed by atoms with E-state index in [0.717, 1.165) is 31.4 Å². The fraction of sp³-hybridized carbons (Fsp3) is 0.640. The molecular weight excluding hydrogens is 1080 g/mol. The summed E-state index contributed by atoms with van der Waals surface area (Å²) in [7, 11) is 0. The number of aliphatic hydroxyl groups is 2. The van der Waals surface area contributed by atoms with Crippen molar-refractivity contribution >= 4 is 88.2 Å². The molecule has 2 unspecified atom stereocenters. The van der Waals surface area contributed by atoms with Gasteiger partial charge in [-0.05, 0) is 75.0 Å². The van der Waals surface area contributed by atoms with Crippen LogP contribution in [0.25, 0.3) is 11.2 Å². The number of ether oxygens (including phenoxy) is 4. The number of nitrogens with zero attached hydrogens (tertiary/aromatic N) is 6. The molecule has 1 aromatic carbocycles. The molecule has 3 fully saturated rings. The van der Waals surface area contributed by atoms with Gasteiger partial charge in [-0.1, -0.05) is 6.42 Å². The Bertz CT molecular complexity index is 2500. The number of amides is 6. The maximum absolute atomic E-state index is 13.4. The van der Waals surface area contributed by atoms with Gasteiger partial charge in [-0.25, -0.2) is 30.3 Å². The van der Waals surface area contributed by atoms with Gasteiger partial charge in [0.25, 0.3) is 5.91 Å². The number of aromatic nitrogens is 4. The second-order valence-corrected chi connectivity index (χ2v) is 21.5. The Balaban J connectivity index is 0.822. The Hall–Kier alpha value is -6.12. The number of fused-ring (bicyclic) bond motifs is 2. The Morgan fingerprint density at radius 1 is 0.887 bits per heavy atom. The fourth-order valence-electron chi connectivity index (χ4n) is 8.80. The van der Waals surface area contributed by atoms with Crippen LogP contribution in [0.5, 0.6) is 0 Å². The van der Waals surface area contributed by atoms with Crippen molar-refractivity contribution in [3.05, 3.63) is 42.5 Å². The Morgan fingerprint density at radius 3 is 2.33 bits per heavy atom. The van der Waals surface area contributed by atoms with Crippen LogP contribution in [0.4, 0.5) is 16.3 Å². The summed E-state index contributed by atoms with van der Waals surface area (Å²) in [4.78, 5) is 91.7. The van der Waals surface area contributed by atoms with Crippen molar-refractivity contribution < 1.29 is 63.0 Å². The normalized spacial score (nSPS) is 21.1. The quantitative estimate of drug-likeness (QED) is 0.0124. The predicted molar refractivity (Wildman–Crippen MR) is 297 cm³/mol. The number of hydrogen-bond acceptors (Lipinski definition) is 21. The van der Waals surface area contributed by atoms with E-state index < -0.39 is 60.3 Å². The van der Waals surface area contributed by atoms with Gasteiger partial charge in [0.15, 0.2) is 23.2 Å². The lowest BCUT2D eigenvalue weighted by molar-refractivity contribution is -0.138. The number of aliphatic imine (C=N–C) groups is 1. The third kappa shape index (κ3) is 20.5. The van der Waals surface area contributed by atoms with Crippen LogP contribution in [0.15, 0.2) is 47.0 Å². The highest BCUT2D eigenvalue weighted by atomic mass is 32.2. The molecule has 80 heavy (non-hydrogen) atoms. The molecular formula is C50H75N15O13S2. The van der Waals surface area contributed by atoms with E-state index in [0.29, 0.717) is 124 Å². The number of urea groups is 1. The zero-order valence-corrected chi connectivity index (χ0v) is 46.1. The number of carboxylic acid groups (broad SMARTS) is 1. The summed E-state index contributed by atoms with van der Waals surface area (Å²) in [5, 5.41) is 54.4. The van der Waals surface area contributed by atoms with Crippen LogP contribution in [0, 0.1) is 5.53 Å². The Kier molecular flexibility index (Phi) is 27.0. The minimum atomic E-state index is -1.29. The molecule has 30 heteroatoms. The van der Waals surface area contributed by atoms with Crippen LogP contribution in [0.2, 0.25) is 0 Å². The van der Waals surface area contributed by atoms with Gasteiger partial charge in [0, 0.05) is 68.1 Å². The van der Waals surface area contributed by atoms with Crippen molar-refractivity contribution in [2.24, 2.45) is 15.8 Å². The van der Waals surface area contributed by atoms with Crippen LogP contribution < -0.4 is 43.0 Å². The lowest BCUT2D eigenvalue weighted by atomic mass is 10.0. The van der Waals surface area contributed by atoms with Gasteiger partial charge in [0.05, 0.1) is 63.1 Å². The van der Waals surface area contributed by atoms with E-state index in [1.54, 1.807) is 12.1 Å². The molecule has 3 aromatic rings. The van der Waals surface area contributed by atoms with E-state index in [2.05, 4.69) is 62.3 Å². The third-order valence-electron chi connectivity index (χ3n) is 13.1. The molecule has 440 valence electrons. The summed E-state index contributed by atoms with van der Waals surface area (Å²) in [5.74, 6) is -0.571. The molecule has 0 radical (unpaired) electrons. The molecule has 0 saturated carbocycles. The maximum atomic E-state index is 13.4. The number of carboxylic acids is 1. The first-order valence-electron chi connectivity index (χ1n) is 26.8. The van der Waals surface area contributed by atoms with Crippen LogP contribution in [-0.4, -0.2) is 208 Å². The molecule has 6 amide bonds. The Morgan fingerprint density at radius 2 is 1.59 bits per heavy atom. The number of rotatable bonds is 39. The highest BCUT2D eigenvalue weighted by Crippen LogP contribution is 2.35. The van der Waals surface area contributed by atoms with Crippen LogP contribution in [-0.2, 0) is 38.1 Å². The monoisotopic (exact) mass is 1160 g/mol. The predicted octanol–water partition coefficient (Wildman–Crippen LogP) is 0.957. The van der Waals surface area contributed by atoms with Crippen LogP contribution in [0.1, 0.15) is 80.8 Å². The molecule has 2 aromatic heterocycles. The number of nitrogens with two attached hydrogens (primary N) is 1. The number of aliphatic carboxylic acids is 1. The molecule has 9 atom stereocenters. The van der Waals surface area contributed by atoms with Crippen molar-refractivity contribution in [2.75, 3.05) is 88.4 Å². The topological polar surface area (TPSA) is 402 Å². The van der Waals surface area contributed by atoms with Crippen molar-refractivity contribution in [3.63, 3.8) is 0 Å². The summed E-state index contributed by atoms with van der Waals surface area (Å²) in [6.45, 7) is 3.73. The first-order chi connectivity index (χ1) is 38.8. The number of hydrogen-bond donors (Lipinski definition) is 12. The minimum absolute atomic E-state index is 0.0278. The molecule has 0 spiro atoms. The smallest absolute Gasteiger partial charge is 0.320 e. The van der Waals surface area contributed by atoms with Crippen molar-refractivity contribution in [1.82, 2.24) is 51.4 Å². The van der Waals surface area contributed by atoms with Crippen LogP contribution >= 0.6 is 23.5 Å². The van der Waals surface area contributed by atoms with Crippen molar-refractivity contribution in [2.45, 2.75) is 118 Å². The third-order valence-corrected chi connectivity index (χ3v) is 15.7. The highest BCUT2D eigenvalue weighted by Gasteiger charge is 2.45. The molecule has 3 aliphatic heterocycles. The van der Waals surface area contributed by atoms with E-state index in [1.165, 1.54) is 41.1 Å². The van der Waals surface area contributed by atoms with E-state index in [-0.39, 0.29) is 55.5 Å². The molecule has 6 rings (SSSR count). The maximum Gasteiger partial charge on any atom is 0.320 e. The minimum Gasteiger partial charge on any atom is -0.480 e. The Labute approximate surface area is 471 Å². The molecule has 28 nitrogen and oxygen atoms in total. The number of carbonyl (C=O) groups excluding carboxylic acids is 5. The largest absolute Gasteiger partial charge is 0.480 e. The van der Waals surface area contributed by atoms with E-state index in [4.69, 9.17) is 35.3 Å². The van der Waals surface area contributed by atoms with Crippen molar-refractivity contribution in [3.8, 4) is 0 Å². The summed E-state index contributed by atoms with van der Waals surface area (Å²) < 4.78 is 24.4. The van der Waals surface area contributed by atoms with E-state index in [9.17, 15) is 39.0 Å². The number of nitrogens with one attached hydrogen (secondary N) is 8. The average molecular weight is 1160 g/mol. The number of anilines is 1. The van der Waals surface area contributed by atoms with Gasteiger partial charge in [-0.3, -0.25) is 28.5 Å². The second kappa shape index (κ2) is 34.2. The average Bonchev–Trinajstić information content (AvgIpc) is 4.23. The first-order valence-corrected chi connectivity index (χ1v) is 29.0. The number of carbonyl (C=O) groups is 6. The van der Waals surface area contributed by atoms with Gasteiger partial charge in [0.2, 0.25) is 17.7 Å². The lowest BCUT2D eigenvalue weighted by Crippen LogP contribution is -2.49. The molecule has 0 bridgehead atoms. The van der Waals surface area contributed by atoms with Gasteiger partial charge in [-0.15, -0.1) is 5.11 Å². The molecule has 0 aliphatic carbocycles. The summed E-state index contributed by atoms with van der Waals surface area (Å²) in [5.41, 5.74) is 13.9. The number of unbranched alkanes of at least 4 members (excludes halogenated alkanes) is 2. The zero-order valence-electron chi connectivity index (χ0n) is 44.5. The first kappa shape index (κ1) is 63.1. The molecule has 5 heterocycles. The van der Waals surface area contributed by atoms with Crippen molar-refractivity contribution in [1.29, 1.82) is 5.53 Å². The standard InChI is InChI=1S/C50H75N15O13S2/c51-33(49(72)73)13-24-79-27-36-42(68)43(69)48(78-36)65-30-60-41-44(58-28-59-45(41)65)55-15-4-3-14-54-39(67)25-34(62-46(70)31-9-11-32(12-10-31)57-29-61-52)47(71)56-17-6-19-76-21-23-77-22-20-75-18-5-16-53-38(66)8-2-1-7-37-40-35(26-80-37)63-50(74)64-40/h9-12,28-30,33-37,40,42-43,48,52,68-69H,1-8,13-27,51H2,(H,53,66)(H,54,67)(H,56,71)(H,62,70)(H,72,73)(H,55,58,59)(H2,63,64,74)/t33-,34-,35-,36+,37-,40-,42?,43?,48+/m0/s1. The number of imidazole rings is 1. The van der Waals surface area contributed by atoms with Gasteiger partial charge in [0.1, 0.15) is 37.0 Å². The summed E-state index contributed by atoms with van der Waals surface area (Å²) in [6.07, 6.45) is 5.00. The van der Waals surface area contributed by atoms with Gasteiger partial charge in [-0.2, -0.15) is 23.5 Å². The van der Waals surface area contributed by atoms with Crippen LogP contribution in [0.3, 0.4) is 0 Å². The molecule has 3 aliphatic rings. The molecule has 3 saturated heterocycles. The second-order valence-electron chi connectivity index (χ2n) is 19.1. The van der Waals surface area contributed by atoms with E-state index >= 15 is 0 Å². The summed E-state index contributed by atoms with van der Waals surface area (Å²) in [6, 6.07) is 4.23. The van der Waals surface area contributed by atoms with E-state index in [1.807, 2.05) is 11.8 Å². The number of thioether (sulfide) groups is 2. The lowest BCUT2D eigenvalue weighted by Gasteiger charge is -2.18. The number of benzene rings is 1. The van der Waals surface area contributed by atoms with Gasteiger partial charge < -0.3 is 77.2 Å². The highest BCUT2D eigenvalue weighted by molar-refractivity contribution is 8.00. The number of aliphatic hydroxyl groups excluding tert-OH is 2. The SMILES string of the molecule is N=NC=Nc1ccc(C(=O)N[C@@H](CC(=O)NCCCCNc2ncnc3c2ncn3[C@@H]2O[C@H](CSCC[C@H](N)C(=O)O)C(O)C2O)C(=O)NCCCOCCOCCOCCCNC(=O)CCCC[C@@H]2SC[C@@H]3NC(=O)N[C@@H]32)cc1. The fourth-order valence-corrected chi connectivity index (χ4v) is 11.4. The van der Waals surface area contributed by atoms with Gasteiger partial charge >= 0.3 is 12.0 Å². The molecule has 13 N–H and O–H groups in total. The zero-order chi connectivity index (χ0) is 57.1.